The Morgan fingerprint density at radius 3 is 2.31 bits per heavy atom. The predicted molar refractivity (Wildman–Crippen MR) is 64.7 cm³/mol. The summed E-state index contributed by atoms with van der Waals surface area (Å²) < 4.78 is 5.42. The predicted octanol–water partition coefficient (Wildman–Crippen LogP) is 3.74. The molecule has 2 rings (SSSR count). The Morgan fingerprint density at radius 1 is 1.31 bits per heavy atom. The van der Waals surface area contributed by atoms with Crippen LogP contribution in [0.1, 0.15) is 26.2 Å². The summed E-state index contributed by atoms with van der Waals surface area (Å²) in [7, 11) is 1.79. The molecule has 1 aromatic rings. The molecule has 0 saturated heterocycles. The third-order valence-corrected chi connectivity index (χ3v) is 2.63. The van der Waals surface area contributed by atoms with Gasteiger partial charge >= 0.3 is 17.1 Å². The second-order valence-electron chi connectivity index (χ2n) is 3.78. The summed E-state index contributed by atoms with van der Waals surface area (Å²) in [5.74, 6) is 0. The Hall–Kier alpha value is -0.561. The van der Waals surface area contributed by atoms with Gasteiger partial charge in [0.1, 0.15) is 0 Å². The van der Waals surface area contributed by atoms with Crippen LogP contribution >= 0.6 is 0 Å². The van der Waals surface area contributed by atoms with Crippen LogP contribution in [0.5, 0.6) is 0 Å². The number of hydrogen-bond donors (Lipinski definition) is 0. The maximum absolute atomic E-state index is 5.42. The van der Waals surface area contributed by atoms with Gasteiger partial charge in [0.15, 0.2) is 0 Å². The van der Waals surface area contributed by atoms with Crippen LogP contribution in [-0.4, -0.2) is 12.7 Å². The first-order valence-corrected chi connectivity index (χ1v) is 5.56. The molecular formula is C14H20FeO. The van der Waals surface area contributed by atoms with Crippen molar-refractivity contribution in [3.05, 3.63) is 48.9 Å². The van der Waals surface area contributed by atoms with Crippen molar-refractivity contribution in [2.24, 2.45) is 0 Å². The average Bonchev–Trinajstić information content (AvgIpc) is 2.93. The zero-order valence-corrected chi connectivity index (χ0v) is 11.1. The van der Waals surface area contributed by atoms with Crippen LogP contribution in [0.15, 0.2) is 42.5 Å². The summed E-state index contributed by atoms with van der Waals surface area (Å²) in [6, 6.07) is 10.0. The molecule has 90 valence electrons. The first-order chi connectivity index (χ1) is 7.33. The van der Waals surface area contributed by atoms with Crippen LogP contribution in [0.4, 0.5) is 0 Å². The van der Waals surface area contributed by atoms with E-state index in [0.29, 0.717) is 0 Å². The van der Waals surface area contributed by atoms with Crippen LogP contribution in [-0.2, 0) is 21.8 Å². The van der Waals surface area contributed by atoms with Gasteiger partial charge in [0.25, 0.3) is 0 Å². The van der Waals surface area contributed by atoms with Gasteiger partial charge in [0, 0.05) is 12.7 Å². The summed E-state index contributed by atoms with van der Waals surface area (Å²) >= 11 is 0. The molecule has 0 fully saturated rings. The van der Waals surface area contributed by atoms with Crippen molar-refractivity contribution in [3.8, 4) is 0 Å². The van der Waals surface area contributed by atoms with E-state index in [1.165, 1.54) is 6.42 Å². The molecule has 0 radical (unpaired) electrons. The van der Waals surface area contributed by atoms with Crippen molar-refractivity contribution in [1.29, 1.82) is 0 Å². The third kappa shape index (κ3) is 4.98. The van der Waals surface area contributed by atoms with Crippen molar-refractivity contribution in [2.45, 2.75) is 31.8 Å². The summed E-state index contributed by atoms with van der Waals surface area (Å²) in [5.41, 5.74) is 0.0503. The Balaban J connectivity index is 0.000000318. The molecule has 2 heteroatoms. The molecule has 16 heavy (non-hydrogen) atoms. The molecule has 1 atom stereocenters. The van der Waals surface area contributed by atoms with Crippen LogP contribution in [0.3, 0.4) is 0 Å². The van der Waals surface area contributed by atoms with Crippen molar-refractivity contribution < 1.29 is 21.8 Å². The minimum absolute atomic E-state index is 0. The van der Waals surface area contributed by atoms with Gasteiger partial charge in [-0.15, -0.1) is 0 Å². The Kier molecular flexibility index (Phi) is 8.27. The Bertz CT molecular complexity index is 239. The molecule has 0 aliphatic heterocycles. The Labute approximate surface area is 110 Å². The second kappa shape index (κ2) is 8.58. The minimum atomic E-state index is 0. The standard InChI is InChI=1S/C9H15O.C5H5.Fe/c1-3-6-9(10-2)7-4-5-8-9;1-2-4-5-3-1;/h4-5,7H,3,6,8H2,1-2H3;1-5H;/q2*-1;+2. The van der Waals surface area contributed by atoms with Gasteiger partial charge in [-0.05, 0) is 6.42 Å². The SMILES string of the molecule is CCCC1(OC)[CH-]C=CC1.[Fe+2].c1cc[cH-]c1. The summed E-state index contributed by atoms with van der Waals surface area (Å²) in [6.45, 7) is 2.19. The average molecular weight is 260 g/mol. The van der Waals surface area contributed by atoms with E-state index in [-0.39, 0.29) is 22.7 Å². The molecule has 0 spiro atoms. The summed E-state index contributed by atoms with van der Waals surface area (Å²) in [5, 5.41) is 0. The van der Waals surface area contributed by atoms with E-state index < -0.39 is 0 Å². The van der Waals surface area contributed by atoms with Crippen molar-refractivity contribution in [2.75, 3.05) is 7.11 Å². The maximum Gasteiger partial charge on any atom is 2.00 e. The minimum Gasteiger partial charge on any atom is -0.393 e. The molecule has 0 heterocycles. The fourth-order valence-electron chi connectivity index (χ4n) is 1.76. The number of hydrogen-bond acceptors (Lipinski definition) is 1. The van der Waals surface area contributed by atoms with E-state index in [4.69, 9.17) is 4.74 Å². The van der Waals surface area contributed by atoms with E-state index in [2.05, 4.69) is 25.5 Å². The molecular weight excluding hydrogens is 240 g/mol. The molecule has 1 nitrogen and oxygen atoms in total. The maximum atomic E-state index is 5.42. The zero-order valence-electron chi connectivity index (χ0n) is 10.0. The largest absolute Gasteiger partial charge is 2.00 e. The van der Waals surface area contributed by atoms with E-state index in [9.17, 15) is 0 Å². The van der Waals surface area contributed by atoms with Gasteiger partial charge in [-0.2, -0.15) is 18.2 Å². The van der Waals surface area contributed by atoms with Gasteiger partial charge in [-0.3, -0.25) is 0 Å². The molecule has 1 aliphatic rings. The molecule has 0 bridgehead atoms. The zero-order chi connectivity index (χ0) is 11.0. The normalized spacial score (nSPS) is 21.6. The molecule has 1 aromatic carbocycles. The fraction of sp³-hybridized carbons (Fsp3) is 0.429. The van der Waals surface area contributed by atoms with Gasteiger partial charge in [0.2, 0.25) is 0 Å². The van der Waals surface area contributed by atoms with Gasteiger partial charge in [-0.25, -0.2) is 30.7 Å². The molecule has 0 amide bonds. The van der Waals surface area contributed by atoms with E-state index in [0.717, 1.165) is 12.8 Å². The number of methoxy groups -OCH3 is 1. The van der Waals surface area contributed by atoms with E-state index in [1.54, 1.807) is 7.11 Å². The summed E-state index contributed by atoms with van der Waals surface area (Å²) in [4.78, 5) is 0. The number of rotatable bonds is 3. The van der Waals surface area contributed by atoms with Crippen LogP contribution in [0.2, 0.25) is 0 Å². The van der Waals surface area contributed by atoms with Crippen LogP contribution in [0.25, 0.3) is 0 Å². The molecule has 1 unspecified atom stereocenters. The topological polar surface area (TPSA) is 9.23 Å². The van der Waals surface area contributed by atoms with E-state index >= 15 is 0 Å². The summed E-state index contributed by atoms with van der Waals surface area (Å²) in [6.07, 6.45) is 9.80. The first kappa shape index (κ1) is 15.4. The fourth-order valence-corrected chi connectivity index (χ4v) is 1.76. The first-order valence-electron chi connectivity index (χ1n) is 5.56. The van der Waals surface area contributed by atoms with Crippen molar-refractivity contribution in [1.82, 2.24) is 0 Å². The molecule has 0 saturated carbocycles. The second-order valence-corrected chi connectivity index (χ2v) is 3.78. The van der Waals surface area contributed by atoms with Gasteiger partial charge in [0.05, 0.1) is 0 Å². The quantitative estimate of drug-likeness (QED) is 0.594. The van der Waals surface area contributed by atoms with Crippen LogP contribution < -0.4 is 0 Å². The van der Waals surface area contributed by atoms with Crippen molar-refractivity contribution in [3.63, 3.8) is 0 Å². The number of ether oxygens (including phenoxy) is 1. The van der Waals surface area contributed by atoms with Gasteiger partial charge in [-0.1, -0.05) is 19.8 Å². The monoisotopic (exact) mass is 260 g/mol. The molecule has 1 aliphatic carbocycles. The van der Waals surface area contributed by atoms with E-state index in [1.807, 2.05) is 30.3 Å². The smallest absolute Gasteiger partial charge is 0.393 e. The molecule has 0 N–H and O–H groups in total. The van der Waals surface area contributed by atoms with Crippen LogP contribution in [0, 0.1) is 6.42 Å². The Morgan fingerprint density at radius 2 is 2.00 bits per heavy atom. The molecule has 0 aromatic heterocycles. The third-order valence-electron chi connectivity index (χ3n) is 2.63. The van der Waals surface area contributed by atoms with Gasteiger partial charge < -0.3 is 4.74 Å². The van der Waals surface area contributed by atoms with Crippen molar-refractivity contribution >= 4 is 0 Å².